The summed E-state index contributed by atoms with van der Waals surface area (Å²) >= 11 is 0. The Labute approximate surface area is 235 Å². The number of aromatic amines is 1. The molecular weight excluding hydrogens is 563 g/mol. The fraction of sp³-hybridized carbons (Fsp3) is 0.310. The lowest BCUT2D eigenvalue weighted by Gasteiger charge is -2.28. The van der Waals surface area contributed by atoms with E-state index < -0.39 is 52.7 Å². The lowest BCUT2D eigenvalue weighted by Crippen LogP contribution is -2.45. The SMILES string of the molecule is Cc1c(Oc2ncc(C(F)(F)F)c(C)c2-c2cc(=O)c3c(C(=O)N[C@H]4CCCC[C@H]4O)nccc3[nH]2)ccc(F)c1F. The van der Waals surface area contributed by atoms with Crippen LogP contribution in [0.3, 0.4) is 0 Å². The molecule has 1 aromatic carbocycles. The fourth-order valence-electron chi connectivity index (χ4n) is 5.13. The Morgan fingerprint density at radius 2 is 1.83 bits per heavy atom. The van der Waals surface area contributed by atoms with Crippen LogP contribution in [-0.4, -0.2) is 38.1 Å². The number of benzene rings is 1. The van der Waals surface area contributed by atoms with Gasteiger partial charge in [-0.3, -0.25) is 14.6 Å². The molecule has 5 rings (SSSR count). The summed E-state index contributed by atoms with van der Waals surface area (Å²) in [6.45, 7) is 2.39. The zero-order valence-electron chi connectivity index (χ0n) is 22.4. The van der Waals surface area contributed by atoms with E-state index in [0.717, 1.165) is 38.0 Å². The van der Waals surface area contributed by atoms with Gasteiger partial charge in [0.2, 0.25) is 5.88 Å². The van der Waals surface area contributed by atoms with Crippen molar-refractivity contribution >= 4 is 16.8 Å². The number of aliphatic hydroxyl groups excluding tert-OH is 1. The lowest BCUT2D eigenvalue weighted by atomic mass is 9.92. The van der Waals surface area contributed by atoms with Gasteiger partial charge in [-0.05, 0) is 50.5 Å². The molecular formula is C29H25F5N4O4. The quantitative estimate of drug-likeness (QED) is 0.257. The van der Waals surface area contributed by atoms with E-state index in [1.54, 1.807) is 0 Å². The largest absolute Gasteiger partial charge is 0.438 e. The molecule has 1 aliphatic carbocycles. The number of carbonyl (C=O) groups is 1. The first-order valence-electron chi connectivity index (χ1n) is 13.1. The highest BCUT2D eigenvalue weighted by Gasteiger charge is 2.35. The second kappa shape index (κ2) is 11.1. The maximum absolute atomic E-state index is 14.2. The molecule has 42 heavy (non-hydrogen) atoms. The van der Waals surface area contributed by atoms with E-state index in [4.69, 9.17) is 4.74 Å². The normalized spacial score (nSPS) is 17.3. The zero-order chi connectivity index (χ0) is 30.3. The summed E-state index contributed by atoms with van der Waals surface area (Å²) in [6, 6.07) is 3.77. The van der Waals surface area contributed by atoms with Crippen LogP contribution in [0.1, 0.15) is 52.9 Å². The van der Waals surface area contributed by atoms with Gasteiger partial charge >= 0.3 is 6.18 Å². The number of halogens is 5. The molecule has 0 spiro atoms. The lowest BCUT2D eigenvalue weighted by molar-refractivity contribution is -0.138. The third-order valence-electron chi connectivity index (χ3n) is 7.38. The van der Waals surface area contributed by atoms with Crippen molar-refractivity contribution in [1.29, 1.82) is 0 Å². The number of nitrogens with zero attached hydrogens (tertiary/aromatic N) is 2. The first kappa shape index (κ1) is 29.1. The molecule has 0 unspecified atom stereocenters. The Hall–Kier alpha value is -4.39. The molecule has 1 fully saturated rings. The summed E-state index contributed by atoms with van der Waals surface area (Å²) in [7, 11) is 0. The highest BCUT2D eigenvalue weighted by Crippen LogP contribution is 2.41. The molecule has 1 aliphatic rings. The summed E-state index contributed by atoms with van der Waals surface area (Å²) in [6.07, 6.45) is -1.02. The number of H-pyrrole nitrogens is 1. The van der Waals surface area contributed by atoms with Crippen molar-refractivity contribution in [3.63, 3.8) is 0 Å². The minimum atomic E-state index is -4.81. The number of pyridine rings is 3. The van der Waals surface area contributed by atoms with Crippen molar-refractivity contribution in [2.45, 2.75) is 57.9 Å². The van der Waals surface area contributed by atoms with Crippen molar-refractivity contribution in [3.8, 4) is 22.9 Å². The average Bonchev–Trinajstić information content (AvgIpc) is 2.93. The van der Waals surface area contributed by atoms with Crippen LogP contribution in [0.15, 0.2) is 41.5 Å². The van der Waals surface area contributed by atoms with Gasteiger partial charge in [0, 0.05) is 24.0 Å². The van der Waals surface area contributed by atoms with Crippen LogP contribution in [0.4, 0.5) is 22.0 Å². The van der Waals surface area contributed by atoms with E-state index >= 15 is 0 Å². The summed E-state index contributed by atoms with van der Waals surface area (Å²) in [5, 5.41) is 12.8. The van der Waals surface area contributed by atoms with Gasteiger partial charge in [-0.1, -0.05) is 12.8 Å². The Morgan fingerprint density at radius 1 is 1.10 bits per heavy atom. The Bertz CT molecular complexity index is 1760. The summed E-state index contributed by atoms with van der Waals surface area (Å²) < 4.78 is 75.1. The van der Waals surface area contributed by atoms with Gasteiger partial charge in [0.1, 0.15) is 11.4 Å². The molecule has 220 valence electrons. The third-order valence-corrected chi connectivity index (χ3v) is 7.38. The Morgan fingerprint density at radius 3 is 2.55 bits per heavy atom. The molecule has 0 aliphatic heterocycles. The zero-order valence-corrected chi connectivity index (χ0v) is 22.4. The number of hydrogen-bond acceptors (Lipinski definition) is 6. The maximum Gasteiger partial charge on any atom is 0.418 e. The monoisotopic (exact) mass is 588 g/mol. The van der Waals surface area contributed by atoms with Crippen LogP contribution >= 0.6 is 0 Å². The Balaban J connectivity index is 1.63. The predicted octanol–water partition coefficient (Wildman–Crippen LogP) is 5.72. The van der Waals surface area contributed by atoms with E-state index in [-0.39, 0.29) is 44.7 Å². The smallest absolute Gasteiger partial charge is 0.418 e. The number of alkyl halides is 3. The van der Waals surface area contributed by atoms with E-state index in [0.29, 0.717) is 19.0 Å². The van der Waals surface area contributed by atoms with Crippen molar-refractivity contribution < 1.29 is 36.6 Å². The molecule has 2 atom stereocenters. The number of ether oxygens (including phenoxy) is 1. The molecule has 3 heterocycles. The number of aromatic nitrogens is 3. The molecule has 13 heteroatoms. The van der Waals surface area contributed by atoms with Crippen molar-refractivity contribution in [1.82, 2.24) is 20.3 Å². The highest BCUT2D eigenvalue weighted by atomic mass is 19.4. The average molecular weight is 589 g/mol. The molecule has 0 bridgehead atoms. The van der Waals surface area contributed by atoms with Crippen LogP contribution in [0.5, 0.6) is 11.6 Å². The van der Waals surface area contributed by atoms with Gasteiger partial charge < -0.3 is 20.1 Å². The number of carbonyl (C=O) groups excluding carboxylic acids is 1. The van der Waals surface area contributed by atoms with Gasteiger partial charge in [0.05, 0.1) is 39.9 Å². The van der Waals surface area contributed by atoms with Gasteiger partial charge in [0.15, 0.2) is 17.1 Å². The molecule has 4 aromatic rings. The van der Waals surface area contributed by atoms with E-state index in [1.165, 1.54) is 19.2 Å². The standard InChI is InChI=1S/C29H25F5N4O4/c1-13-15(29(32,33)34)12-36-28(42-22-8-7-16(30)25(31)14(22)2)23(13)19-11-21(40)24-18(37-19)9-10-35-26(24)27(41)38-17-5-3-4-6-20(17)39/h7-12,17,20,39H,3-6H2,1-2H3,(H,37,40)(H,38,41)/t17-,20+/m0/s1. The number of fused-ring (bicyclic) bond motifs is 1. The fourth-order valence-corrected chi connectivity index (χ4v) is 5.13. The molecule has 0 saturated heterocycles. The highest BCUT2D eigenvalue weighted by molar-refractivity contribution is 6.04. The van der Waals surface area contributed by atoms with Crippen LogP contribution in [0, 0.1) is 25.5 Å². The van der Waals surface area contributed by atoms with Gasteiger partial charge in [-0.15, -0.1) is 0 Å². The maximum atomic E-state index is 14.2. The number of amides is 1. The van der Waals surface area contributed by atoms with Crippen LogP contribution in [-0.2, 0) is 6.18 Å². The first-order valence-corrected chi connectivity index (χ1v) is 13.1. The molecule has 0 radical (unpaired) electrons. The molecule has 8 nitrogen and oxygen atoms in total. The van der Waals surface area contributed by atoms with E-state index in [9.17, 15) is 36.6 Å². The Kier molecular flexibility index (Phi) is 7.71. The molecule has 1 saturated carbocycles. The number of rotatable bonds is 5. The van der Waals surface area contributed by atoms with E-state index in [2.05, 4.69) is 20.3 Å². The second-order valence-corrected chi connectivity index (χ2v) is 10.1. The second-order valence-electron chi connectivity index (χ2n) is 10.1. The van der Waals surface area contributed by atoms with Crippen LogP contribution in [0.25, 0.3) is 22.2 Å². The van der Waals surface area contributed by atoms with Crippen molar-refractivity contribution in [2.75, 3.05) is 0 Å². The molecule has 3 N–H and O–H groups in total. The third kappa shape index (κ3) is 5.43. The summed E-state index contributed by atoms with van der Waals surface area (Å²) in [4.78, 5) is 37.2. The van der Waals surface area contributed by atoms with Crippen LogP contribution in [0.2, 0.25) is 0 Å². The minimum Gasteiger partial charge on any atom is -0.438 e. The van der Waals surface area contributed by atoms with E-state index in [1.807, 2.05) is 0 Å². The molecule has 1 amide bonds. The molecule has 3 aromatic heterocycles. The number of hydrogen-bond donors (Lipinski definition) is 3. The predicted molar refractivity (Wildman–Crippen MR) is 142 cm³/mol. The number of nitrogens with one attached hydrogen (secondary N) is 2. The van der Waals surface area contributed by atoms with Crippen LogP contribution < -0.4 is 15.5 Å². The summed E-state index contributed by atoms with van der Waals surface area (Å²) in [5.41, 5.74) is -2.92. The topological polar surface area (TPSA) is 117 Å². The first-order chi connectivity index (χ1) is 19.9. The number of aliphatic hydroxyl groups is 1. The summed E-state index contributed by atoms with van der Waals surface area (Å²) in [5.74, 6) is -3.61. The van der Waals surface area contributed by atoms with Crippen molar-refractivity contribution in [3.05, 3.63) is 80.9 Å². The van der Waals surface area contributed by atoms with Gasteiger partial charge in [-0.2, -0.15) is 13.2 Å². The minimum absolute atomic E-state index is 0.0913. The van der Waals surface area contributed by atoms with Gasteiger partial charge in [-0.25, -0.2) is 13.8 Å². The van der Waals surface area contributed by atoms with Gasteiger partial charge in [0.25, 0.3) is 5.91 Å². The van der Waals surface area contributed by atoms with Crippen molar-refractivity contribution in [2.24, 2.45) is 0 Å².